The zero-order chi connectivity index (χ0) is 59.0. The molecule has 0 saturated carbocycles. The number of amides is 5. The molecule has 79 heavy (non-hydrogen) atoms. The molecule has 0 radical (unpaired) electrons. The van der Waals surface area contributed by atoms with Gasteiger partial charge in [0.15, 0.2) is 23.5 Å². The zero-order valence-electron chi connectivity index (χ0n) is 47.2. The lowest BCUT2D eigenvalue weighted by molar-refractivity contribution is -0.782. The van der Waals surface area contributed by atoms with Gasteiger partial charge in [-0.3, -0.25) is 14.9 Å². The lowest BCUT2D eigenvalue weighted by atomic mass is 9.84. The fraction of sp³-hybridized carbons (Fsp3) is 0.627. The molecule has 3 aliphatic heterocycles. The number of alkyl carbamates (subject to hydrolysis) is 1. The van der Waals surface area contributed by atoms with Gasteiger partial charge in [-0.2, -0.15) is 14.0 Å². The highest BCUT2D eigenvalue weighted by atomic mass is 32.3. The molecule has 2 fully saturated rings. The van der Waals surface area contributed by atoms with Crippen molar-refractivity contribution >= 4 is 68.6 Å². The minimum atomic E-state index is -5.38. The Kier molecular flexibility index (Phi) is 17.8. The molecular weight excluding hydrogens is 1070 g/mol. The number of rotatable bonds is 17. The van der Waals surface area contributed by atoms with Crippen molar-refractivity contribution in [1.82, 2.24) is 30.3 Å². The van der Waals surface area contributed by atoms with Crippen LogP contribution in [0.3, 0.4) is 0 Å². The van der Waals surface area contributed by atoms with Crippen LogP contribution in [0.4, 0.5) is 19.5 Å². The first-order valence-corrected chi connectivity index (χ1v) is 27.7. The van der Waals surface area contributed by atoms with E-state index in [1.807, 2.05) is 33.9 Å². The lowest BCUT2D eigenvalue weighted by Gasteiger charge is -2.51. The van der Waals surface area contributed by atoms with Crippen LogP contribution in [0, 0.1) is 5.92 Å². The van der Waals surface area contributed by atoms with Gasteiger partial charge in [0.2, 0.25) is 16.6 Å². The number of hydroxylamine groups is 2. The maximum absolute atomic E-state index is 14.4. The number of nitrogens with one attached hydrogen (secondary N) is 3. The van der Waals surface area contributed by atoms with E-state index in [9.17, 15) is 46.8 Å². The van der Waals surface area contributed by atoms with E-state index >= 15 is 0 Å². The van der Waals surface area contributed by atoms with Crippen LogP contribution in [0.25, 0.3) is 11.1 Å². The molecule has 0 aliphatic carbocycles. The number of oxime groups is 1. The first-order valence-electron chi connectivity index (χ1n) is 25.5. The Morgan fingerprint density at radius 1 is 0.924 bits per heavy atom. The van der Waals surface area contributed by atoms with E-state index in [2.05, 4.69) is 30.4 Å². The van der Waals surface area contributed by atoms with Crippen molar-refractivity contribution in [3.63, 3.8) is 0 Å². The summed E-state index contributed by atoms with van der Waals surface area (Å²) in [7, 11) is -5.38. The minimum absolute atomic E-state index is 0.0342. The highest BCUT2D eigenvalue weighted by Crippen LogP contribution is 2.38. The Balaban J connectivity index is 1.28. The van der Waals surface area contributed by atoms with Crippen LogP contribution in [-0.4, -0.2) is 151 Å². The summed E-state index contributed by atoms with van der Waals surface area (Å²) in [6, 6.07) is 4.02. The molecule has 6 rings (SSSR count). The summed E-state index contributed by atoms with van der Waals surface area (Å²) in [5.41, 5.74) is -5.44. The van der Waals surface area contributed by atoms with E-state index in [1.54, 1.807) is 94.1 Å². The quantitative estimate of drug-likeness (QED) is 0.0208. The van der Waals surface area contributed by atoms with Gasteiger partial charge in [0.05, 0.1) is 29.3 Å². The van der Waals surface area contributed by atoms with Crippen LogP contribution in [0.5, 0.6) is 5.75 Å². The fourth-order valence-electron chi connectivity index (χ4n) is 8.34. The SMILES string of the molecule is CC(C)(C)OC(=O)NCC(O)Cn1cc(-c2ccc3c(c2)CC[C@H](C(C)(O/N=C(\C(=O)NC2C(=O)N(OS(=O)(=O)[O-])C2(C)C)c2csc(NC(=O)OC(C)(C)C)n2)C(=O)OC(C)(C)C)O3)c[n+]1CC1CN(C(=O)OC(C)(C)C)C1. The first kappa shape index (κ1) is 61.6. The summed E-state index contributed by atoms with van der Waals surface area (Å²) in [5, 5.41) is 24.5. The summed E-state index contributed by atoms with van der Waals surface area (Å²) in [4.78, 5) is 91.6. The molecule has 5 heterocycles. The Morgan fingerprint density at radius 3 is 2.14 bits per heavy atom. The van der Waals surface area contributed by atoms with Gasteiger partial charge in [-0.15, -0.1) is 16.0 Å². The van der Waals surface area contributed by atoms with Crippen molar-refractivity contribution in [3.05, 3.63) is 47.2 Å². The number of aromatic nitrogens is 3. The number of aliphatic hydroxyl groups is 1. The van der Waals surface area contributed by atoms with Crippen molar-refractivity contribution < 1.29 is 84.3 Å². The number of ether oxygens (including phenoxy) is 5. The van der Waals surface area contributed by atoms with E-state index in [-0.39, 0.29) is 36.3 Å². The number of anilines is 1. The Labute approximate surface area is 463 Å². The van der Waals surface area contributed by atoms with Gasteiger partial charge in [-0.25, -0.2) is 32.6 Å². The van der Waals surface area contributed by atoms with Gasteiger partial charge in [0.25, 0.3) is 17.4 Å². The van der Waals surface area contributed by atoms with Crippen LogP contribution in [0.15, 0.2) is 41.1 Å². The number of aliphatic hydroxyl groups excluding tert-OH is 1. The highest BCUT2D eigenvalue weighted by molar-refractivity contribution is 7.80. The summed E-state index contributed by atoms with van der Waals surface area (Å²) < 4.78 is 71.0. The van der Waals surface area contributed by atoms with Crippen LogP contribution < -0.4 is 25.4 Å². The van der Waals surface area contributed by atoms with Crippen molar-refractivity contribution in [3.8, 4) is 16.9 Å². The number of carbonyl (C=O) groups is 6. The number of aryl methyl sites for hydroxylation is 1. The molecule has 0 bridgehead atoms. The molecule has 3 aromatic rings. The molecule has 2 aromatic heterocycles. The summed E-state index contributed by atoms with van der Waals surface area (Å²) in [5.74, 6) is -2.64. The third-order valence-corrected chi connectivity index (χ3v) is 13.1. The fourth-order valence-corrected chi connectivity index (χ4v) is 9.47. The van der Waals surface area contributed by atoms with E-state index < -0.39 is 104 Å². The smallest absolute Gasteiger partial charge is 0.413 e. The number of nitrogens with zero attached hydrogens (tertiary/aromatic N) is 6. The number of carbonyl (C=O) groups excluding carboxylic acids is 6. The molecule has 436 valence electrons. The second kappa shape index (κ2) is 22.9. The third-order valence-electron chi connectivity index (χ3n) is 12.0. The maximum atomic E-state index is 14.4. The first-order chi connectivity index (χ1) is 36.2. The largest absolute Gasteiger partial charge is 0.724 e. The second-order valence-electron chi connectivity index (χ2n) is 24.2. The number of β-lactam (4-membered cyclic amide) rings is 1. The highest BCUT2D eigenvalue weighted by Gasteiger charge is 2.58. The molecule has 1 aromatic carbocycles. The predicted octanol–water partition coefficient (Wildman–Crippen LogP) is 4.71. The summed E-state index contributed by atoms with van der Waals surface area (Å²) in [6.45, 7) is 26.0. The zero-order valence-corrected chi connectivity index (χ0v) is 48.8. The third kappa shape index (κ3) is 16.5. The maximum Gasteiger partial charge on any atom is 0.413 e. The number of hydrogen-bond donors (Lipinski definition) is 4. The van der Waals surface area contributed by atoms with Crippen LogP contribution in [0.1, 0.15) is 122 Å². The number of likely N-dealkylation sites (tertiary alicyclic amines) is 1. The Bertz CT molecular complexity index is 2920. The lowest BCUT2D eigenvalue weighted by Crippen LogP contribution is -2.76. The molecule has 2 saturated heterocycles. The van der Waals surface area contributed by atoms with Crippen molar-refractivity contribution in [2.75, 3.05) is 25.0 Å². The molecule has 5 amide bonds. The molecule has 4 atom stereocenters. The second-order valence-corrected chi connectivity index (χ2v) is 26.0. The van der Waals surface area contributed by atoms with Gasteiger partial charge < -0.3 is 53.7 Å². The van der Waals surface area contributed by atoms with Gasteiger partial charge in [-0.05, 0) is 140 Å². The topological polar surface area (TPSA) is 321 Å². The van der Waals surface area contributed by atoms with Gasteiger partial charge in [0.1, 0.15) is 46.4 Å². The molecule has 0 spiro atoms. The monoisotopic (exact) mass is 1150 g/mol. The average molecular weight is 1150 g/mol. The molecule has 26 nitrogen and oxygen atoms in total. The number of hydrogen-bond acceptors (Lipinski definition) is 20. The van der Waals surface area contributed by atoms with E-state index in [0.29, 0.717) is 36.9 Å². The predicted molar refractivity (Wildman–Crippen MR) is 282 cm³/mol. The summed E-state index contributed by atoms with van der Waals surface area (Å²) >= 11 is 0.878. The summed E-state index contributed by atoms with van der Waals surface area (Å²) in [6.07, 6.45) is 0.250. The van der Waals surface area contributed by atoms with E-state index in [1.165, 1.54) is 26.2 Å². The van der Waals surface area contributed by atoms with Crippen molar-refractivity contribution in [1.29, 1.82) is 0 Å². The number of thiazole rings is 1. The van der Waals surface area contributed by atoms with Gasteiger partial charge in [0, 0.05) is 25.0 Å². The Morgan fingerprint density at radius 2 is 1.54 bits per heavy atom. The van der Waals surface area contributed by atoms with E-state index in [0.717, 1.165) is 28.0 Å². The normalized spacial score (nSPS) is 19.1. The number of esters is 1. The molecule has 3 aliphatic rings. The van der Waals surface area contributed by atoms with Crippen LogP contribution in [-0.2, 0) is 72.4 Å². The Hall–Kier alpha value is -6.62. The molecular formula is C51H73N9O17S2. The standard InChI is InChI=1S/C51H73N9O17S2/c1-46(2,3)72-41(64)51(15,76-56-37(34-28-78-42(53-34)55-44(66)74-48(7,8)9)39(62)54-38-40(63)60(50(38,13)14)77-79(68,69)70)36-19-17-31-20-30(16-18-35(31)71-36)32-25-58(24-29-22-57(23-29)45(67)75-49(10,11)12)59(26-32)27-33(61)21-52-43(65)73-47(4,5)6/h16,18,20,25-26,28-29,33,36,38,61H,17,19,21-24,27H2,1-15H3,(H3-,52,53,54,55,62,65,66,68,69,70)/b56-37-/t33?,36-,38?,51?/m1/s1. The van der Waals surface area contributed by atoms with Crippen LogP contribution in [0.2, 0.25) is 0 Å². The molecule has 4 N–H and O–H groups in total. The van der Waals surface area contributed by atoms with Crippen molar-refractivity contribution in [2.24, 2.45) is 11.1 Å². The van der Waals surface area contributed by atoms with Crippen molar-refractivity contribution in [2.45, 2.75) is 182 Å². The van der Waals surface area contributed by atoms with Gasteiger partial charge in [-0.1, -0.05) is 11.2 Å². The molecule has 3 unspecified atom stereocenters. The van der Waals surface area contributed by atoms with Gasteiger partial charge >= 0.3 is 24.2 Å². The molecule has 28 heteroatoms. The van der Waals surface area contributed by atoms with Crippen LogP contribution >= 0.6 is 11.3 Å². The number of fused-ring (bicyclic) bond motifs is 1. The van der Waals surface area contributed by atoms with E-state index in [4.69, 9.17) is 28.5 Å². The minimum Gasteiger partial charge on any atom is -0.724 e. The number of benzene rings is 1. The average Bonchev–Trinajstić information content (AvgIpc) is 3.90.